The number of nitrogens with zero attached hydrogens (tertiary/aromatic N) is 2. The van der Waals surface area contributed by atoms with Gasteiger partial charge in [-0.25, -0.2) is 4.79 Å². The Balaban J connectivity index is 2.46. The molecule has 19 heavy (non-hydrogen) atoms. The standard InChI is InChI=1S/C14H15ClN2O2/c1-2-8-16-9-7-13(18)17(14(16)19)10-11-5-3-4-6-12(11)15/h3-7,9H,2,8,10H2,1H3. The predicted molar refractivity (Wildman–Crippen MR) is 75.8 cm³/mol. The molecule has 0 saturated carbocycles. The summed E-state index contributed by atoms with van der Waals surface area (Å²) < 4.78 is 2.75. The zero-order valence-corrected chi connectivity index (χ0v) is 11.4. The highest BCUT2D eigenvalue weighted by molar-refractivity contribution is 6.31. The van der Waals surface area contributed by atoms with E-state index >= 15 is 0 Å². The van der Waals surface area contributed by atoms with Gasteiger partial charge in [0.25, 0.3) is 5.56 Å². The van der Waals surface area contributed by atoms with Gasteiger partial charge in [-0.3, -0.25) is 9.36 Å². The number of hydrogen-bond acceptors (Lipinski definition) is 2. The quantitative estimate of drug-likeness (QED) is 0.860. The van der Waals surface area contributed by atoms with E-state index in [1.807, 2.05) is 25.1 Å². The lowest BCUT2D eigenvalue weighted by Gasteiger charge is -2.09. The second-order valence-corrected chi connectivity index (χ2v) is 4.71. The van der Waals surface area contributed by atoms with Gasteiger partial charge in [0, 0.05) is 23.8 Å². The average molecular weight is 279 g/mol. The first-order valence-corrected chi connectivity index (χ1v) is 6.55. The topological polar surface area (TPSA) is 44.0 Å². The molecule has 5 heteroatoms. The number of halogens is 1. The van der Waals surface area contributed by atoms with Crippen molar-refractivity contribution in [2.45, 2.75) is 26.4 Å². The Kier molecular flexibility index (Phi) is 4.22. The largest absolute Gasteiger partial charge is 0.331 e. The number of aryl methyl sites for hydroxylation is 1. The van der Waals surface area contributed by atoms with Crippen molar-refractivity contribution < 1.29 is 0 Å². The summed E-state index contributed by atoms with van der Waals surface area (Å²) in [7, 11) is 0. The van der Waals surface area contributed by atoms with E-state index in [2.05, 4.69) is 0 Å². The summed E-state index contributed by atoms with van der Waals surface area (Å²) in [5, 5.41) is 0.555. The van der Waals surface area contributed by atoms with Gasteiger partial charge < -0.3 is 4.57 Å². The molecule has 0 aliphatic rings. The first kappa shape index (κ1) is 13.6. The number of rotatable bonds is 4. The molecule has 2 rings (SSSR count). The summed E-state index contributed by atoms with van der Waals surface area (Å²) in [6.07, 6.45) is 2.38. The zero-order valence-electron chi connectivity index (χ0n) is 10.7. The molecule has 0 N–H and O–H groups in total. The molecule has 100 valence electrons. The van der Waals surface area contributed by atoms with Crippen LogP contribution in [0.1, 0.15) is 18.9 Å². The van der Waals surface area contributed by atoms with Crippen LogP contribution in [-0.4, -0.2) is 9.13 Å². The molecule has 0 aliphatic heterocycles. The van der Waals surface area contributed by atoms with E-state index in [-0.39, 0.29) is 17.8 Å². The SMILES string of the molecule is CCCn1ccc(=O)n(Cc2ccccc2Cl)c1=O. The van der Waals surface area contributed by atoms with Crippen LogP contribution in [0.3, 0.4) is 0 Å². The van der Waals surface area contributed by atoms with Crippen LogP contribution >= 0.6 is 11.6 Å². The van der Waals surface area contributed by atoms with Crippen LogP contribution < -0.4 is 11.2 Å². The minimum Gasteiger partial charge on any atom is -0.300 e. The van der Waals surface area contributed by atoms with Crippen molar-refractivity contribution >= 4 is 11.6 Å². The first-order chi connectivity index (χ1) is 9.13. The van der Waals surface area contributed by atoms with Crippen LogP contribution in [0.25, 0.3) is 0 Å². The lowest BCUT2D eigenvalue weighted by atomic mass is 10.2. The Morgan fingerprint density at radius 1 is 1.16 bits per heavy atom. The van der Waals surface area contributed by atoms with Crippen LogP contribution in [-0.2, 0) is 13.1 Å². The van der Waals surface area contributed by atoms with Gasteiger partial charge in [0.1, 0.15) is 0 Å². The van der Waals surface area contributed by atoms with E-state index < -0.39 is 0 Å². The molecule has 0 amide bonds. The maximum absolute atomic E-state index is 12.2. The second-order valence-electron chi connectivity index (χ2n) is 4.31. The first-order valence-electron chi connectivity index (χ1n) is 6.17. The van der Waals surface area contributed by atoms with E-state index in [1.54, 1.807) is 6.07 Å². The highest BCUT2D eigenvalue weighted by Crippen LogP contribution is 2.14. The van der Waals surface area contributed by atoms with Crippen molar-refractivity contribution in [3.63, 3.8) is 0 Å². The van der Waals surface area contributed by atoms with Gasteiger partial charge in [-0.05, 0) is 18.1 Å². The molecule has 0 unspecified atom stereocenters. The predicted octanol–water partition coefficient (Wildman–Crippen LogP) is 2.12. The minimum atomic E-state index is -0.308. The third kappa shape index (κ3) is 2.96. The molecule has 0 bridgehead atoms. The van der Waals surface area contributed by atoms with Crippen LogP contribution in [0.4, 0.5) is 0 Å². The van der Waals surface area contributed by atoms with Crippen LogP contribution in [0.2, 0.25) is 5.02 Å². The van der Waals surface area contributed by atoms with Gasteiger partial charge in [0.05, 0.1) is 6.54 Å². The molecule has 0 aliphatic carbocycles. The van der Waals surface area contributed by atoms with Crippen molar-refractivity contribution in [1.29, 1.82) is 0 Å². The van der Waals surface area contributed by atoms with E-state index in [0.717, 1.165) is 12.0 Å². The van der Waals surface area contributed by atoms with Gasteiger partial charge in [0.2, 0.25) is 0 Å². The van der Waals surface area contributed by atoms with Crippen molar-refractivity contribution in [3.05, 3.63) is 68.0 Å². The normalized spacial score (nSPS) is 10.6. The van der Waals surface area contributed by atoms with Crippen molar-refractivity contribution in [2.75, 3.05) is 0 Å². The Morgan fingerprint density at radius 3 is 2.58 bits per heavy atom. The van der Waals surface area contributed by atoms with Crippen molar-refractivity contribution in [1.82, 2.24) is 9.13 Å². The number of benzene rings is 1. The van der Waals surface area contributed by atoms with Gasteiger partial charge >= 0.3 is 5.69 Å². The average Bonchev–Trinajstić information content (AvgIpc) is 2.40. The molecule has 1 aromatic heterocycles. The molecule has 1 aromatic carbocycles. The summed E-state index contributed by atoms with van der Waals surface area (Å²) in [5.74, 6) is 0. The van der Waals surface area contributed by atoms with E-state index in [1.165, 1.54) is 21.4 Å². The van der Waals surface area contributed by atoms with Crippen LogP contribution in [0.5, 0.6) is 0 Å². The minimum absolute atomic E-state index is 0.196. The number of hydrogen-bond donors (Lipinski definition) is 0. The van der Waals surface area contributed by atoms with Crippen molar-refractivity contribution in [2.24, 2.45) is 0 Å². The molecule has 1 heterocycles. The fourth-order valence-electron chi connectivity index (χ4n) is 1.91. The zero-order chi connectivity index (χ0) is 13.8. The Bertz CT molecular complexity index is 688. The molecule has 0 spiro atoms. The highest BCUT2D eigenvalue weighted by atomic mass is 35.5. The monoisotopic (exact) mass is 278 g/mol. The maximum atomic E-state index is 12.2. The van der Waals surface area contributed by atoms with Gasteiger partial charge in [-0.15, -0.1) is 0 Å². The van der Waals surface area contributed by atoms with Gasteiger partial charge in [0.15, 0.2) is 0 Å². The van der Waals surface area contributed by atoms with E-state index in [0.29, 0.717) is 11.6 Å². The van der Waals surface area contributed by atoms with E-state index in [9.17, 15) is 9.59 Å². The third-order valence-electron chi connectivity index (χ3n) is 2.89. The summed E-state index contributed by atoms with van der Waals surface area (Å²) in [6, 6.07) is 8.61. The smallest absolute Gasteiger partial charge is 0.300 e. The lowest BCUT2D eigenvalue weighted by molar-refractivity contribution is 0.571. The number of aromatic nitrogens is 2. The van der Waals surface area contributed by atoms with Crippen molar-refractivity contribution in [3.8, 4) is 0 Å². The van der Waals surface area contributed by atoms with Gasteiger partial charge in [-0.2, -0.15) is 0 Å². The lowest BCUT2D eigenvalue weighted by Crippen LogP contribution is -2.39. The molecule has 0 saturated heterocycles. The molecular formula is C14H15ClN2O2. The summed E-state index contributed by atoms with van der Waals surface area (Å²) in [5.41, 5.74) is 0.157. The summed E-state index contributed by atoms with van der Waals surface area (Å²) in [6.45, 7) is 2.78. The second kappa shape index (κ2) is 5.89. The molecule has 0 fully saturated rings. The van der Waals surface area contributed by atoms with Crippen LogP contribution in [0, 0.1) is 0 Å². The fraction of sp³-hybridized carbons (Fsp3) is 0.286. The van der Waals surface area contributed by atoms with Crippen LogP contribution in [0.15, 0.2) is 46.1 Å². The Hall–Kier alpha value is -1.81. The summed E-state index contributed by atoms with van der Waals surface area (Å²) in [4.78, 5) is 24.0. The highest BCUT2D eigenvalue weighted by Gasteiger charge is 2.07. The molecular weight excluding hydrogens is 264 g/mol. The summed E-state index contributed by atoms with van der Waals surface area (Å²) >= 11 is 6.06. The van der Waals surface area contributed by atoms with Gasteiger partial charge in [-0.1, -0.05) is 36.7 Å². The molecule has 0 atom stereocenters. The third-order valence-corrected chi connectivity index (χ3v) is 3.26. The van der Waals surface area contributed by atoms with E-state index in [4.69, 9.17) is 11.6 Å². The fourth-order valence-corrected chi connectivity index (χ4v) is 2.11. The molecule has 4 nitrogen and oxygen atoms in total. The Morgan fingerprint density at radius 2 is 1.89 bits per heavy atom. The Labute approximate surface area is 115 Å². The molecule has 2 aromatic rings. The maximum Gasteiger partial charge on any atom is 0.331 e. The molecule has 0 radical (unpaired) electrons.